The van der Waals surface area contributed by atoms with Crippen LogP contribution >= 0.6 is 0 Å². The number of ether oxygens (including phenoxy) is 2. The molecule has 0 aromatic heterocycles. The van der Waals surface area contributed by atoms with Crippen LogP contribution in [0.25, 0.3) is 0 Å². The Morgan fingerprint density at radius 3 is 2.55 bits per heavy atom. The van der Waals surface area contributed by atoms with E-state index in [1.54, 1.807) is 0 Å². The number of nitrogens with zero attached hydrogens (tertiary/aromatic N) is 1. The van der Waals surface area contributed by atoms with Crippen molar-refractivity contribution in [3.8, 4) is 0 Å². The van der Waals surface area contributed by atoms with Crippen molar-refractivity contribution in [2.45, 2.75) is 64.4 Å². The summed E-state index contributed by atoms with van der Waals surface area (Å²) < 4.78 is 12.1. The van der Waals surface area contributed by atoms with Crippen molar-refractivity contribution in [2.75, 3.05) is 33.3 Å². The molecule has 0 radical (unpaired) electrons. The standard InChI is InChI=1S/C16H32N2O2/c1-12-10-18(8-7-9-19-12)11-13-14(17-6)16(4,5)20-15(13,2)3/h12-14,17H,7-11H2,1-6H3. The third-order valence-corrected chi connectivity index (χ3v) is 4.87. The minimum Gasteiger partial charge on any atom is -0.377 e. The molecule has 0 aromatic rings. The molecule has 1 N–H and O–H groups in total. The second-order valence-corrected chi connectivity index (χ2v) is 7.48. The molecule has 3 unspecified atom stereocenters. The summed E-state index contributed by atoms with van der Waals surface area (Å²) in [6.07, 6.45) is 1.47. The molecule has 0 bridgehead atoms. The van der Waals surface area contributed by atoms with E-state index >= 15 is 0 Å². The van der Waals surface area contributed by atoms with E-state index < -0.39 is 0 Å². The largest absolute Gasteiger partial charge is 0.377 e. The summed E-state index contributed by atoms with van der Waals surface area (Å²) in [5.74, 6) is 0.493. The minimum atomic E-state index is -0.114. The molecule has 0 aromatic carbocycles. The lowest BCUT2D eigenvalue weighted by atomic mass is 9.82. The highest BCUT2D eigenvalue weighted by atomic mass is 16.5. The van der Waals surface area contributed by atoms with Gasteiger partial charge in [0.2, 0.25) is 0 Å². The van der Waals surface area contributed by atoms with Gasteiger partial charge < -0.3 is 19.7 Å². The Morgan fingerprint density at radius 2 is 1.90 bits per heavy atom. The fraction of sp³-hybridized carbons (Fsp3) is 1.00. The Bertz CT molecular complexity index is 330. The smallest absolute Gasteiger partial charge is 0.0790 e. The van der Waals surface area contributed by atoms with Crippen molar-refractivity contribution in [3.05, 3.63) is 0 Å². The molecule has 2 saturated heterocycles. The van der Waals surface area contributed by atoms with Crippen LogP contribution in [0, 0.1) is 5.92 Å². The fourth-order valence-corrected chi connectivity index (χ4v) is 4.10. The summed E-state index contributed by atoms with van der Waals surface area (Å²) in [6, 6.07) is 0.386. The van der Waals surface area contributed by atoms with Gasteiger partial charge in [0.15, 0.2) is 0 Å². The maximum absolute atomic E-state index is 6.33. The molecule has 4 heteroatoms. The highest BCUT2D eigenvalue weighted by Gasteiger charge is 2.53. The SMILES string of the molecule is CNC1C(CN2CCCOC(C)C2)C(C)(C)OC1(C)C. The van der Waals surface area contributed by atoms with Gasteiger partial charge in [0.05, 0.1) is 17.3 Å². The van der Waals surface area contributed by atoms with Gasteiger partial charge in [-0.05, 0) is 48.1 Å². The van der Waals surface area contributed by atoms with Crippen LogP contribution in [0.5, 0.6) is 0 Å². The summed E-state index contributed by atoms with van der Waals surface area (Å²) in [5, 5.41) is 3.49. The second kappa shape index (κ2) is 5.91. The van der Waals surface area contributed by atoms with Gasteiger partial charge in [-0.2, -0.15) is 0 Å². The summed E-state index contributed by atoms with van der Waals surface area (Å²) >= 11 is 0. The molecule has 0 saturated carbocycles. The van der Waals surface area contributed by atoms with Crippen LogP contribution in [0.2, 0.25) is 0 Å². The van der Waals surface area contributed by atoms with E-state index in [2.05, 4.69) is 51.9 Å². The highest BCUT2D eigenvalue weighted by Crippen LogP contribution is 2.42. The average Bonchev–Trinajstić information content (AvgIpc) is 2.45. The van der Waals surface area contributed by atoms with Gasteiger partial charge in [0.25, 0.3) is 0 Å². The van der Waals surface area contributed by atoms with E-state index in [9.17, 15) is 0 Å². The third kappa shape index (κ3) is 3.35. The van der Waals surface area contributed by atoms with E-state index in [1.165, 1.54) is 0 Å². The molecule has 2 aliphatic heterocycles. The van der Waals surface area contributed by atoms with Crippen molar-refractivity contribution in [1.82, 2.24) is 10.2 Å². The summed E-state index contributed by atoms with van der Waals surface area (Å²) in [7, 11) is 2.05. The molecule has 4 nitrogen and oxygen atoms in total. The molecule has 2 heterocycles. The van der Waals surface area contributed by atoms with Crippen molar-refractivity contribution < 1.29 is 9.47 Å². The fourth-order valence-electron chi connectivity index (χ4n) is 4.10. The molecular weight excluding hydrogens is 252 g/mol. The van der Waals surface area contributed by atoms with E-state index in [-0.39, 0.29) is 11.2 Å². The van der Waals surface area contributed by atoms with Crippen LogP contribution < -0.4 is 5.32 Å². The van der Waals surface area contributed by atoms with E-state index in [1.807, 2.05) is 0 Å². The van der Waals surface area contributed by atoms with Gasteiger partial charge in [0.1, 0.15) is 0 Å². The number of hydrogen-bond acceptors (Lipinski definition) is 4. The molecule has 2 aliphatic rings. The highest BCUT2D eigenvalue weighted by molar-refractivity contribution is 5.05. The lowest BCUT2D eigenvalue weighted by Crippen LogP contribution is -2.50. The van der Waals surface area contributed by atoms with Crippen LogP contribution in [0.15, 0.2) is 0 Å². The zero-order chi connectivity index (χ0) is 15.0. The van der Waals surface area contributed by atoms with Gasteiger partial charge in [-0.1, -0.05) is 0 Å². The van der Waals surface area contributed by atoms with E-state index in [0.29, 0.717) is 18.1 Å². The number of likely N-dealkylation sites (N-methyl/N-ethyl adjacent to an activating group) is 1. The van der Waals surface area contributed by atoms with Gasteiger partial charge in [0, 0.05) is 38.2 Å². The zero-order valence-corrected chi connectivity index (χ0v) is 14.0. The average molecular weight is 284 g/mol. The first-order valence-electron chi connectivity index (χ1n) is 7.97. The maximum atomic E-state index is 6.33. The predicted molar refractivity (Wildman–Crippen MR) is 82.1 cm³/mol. The molecule has 0 aliphatic carbocycles. The molecule has 118 valence electrons. The first kappa shape index (κ1) is 16.2. The van der Waals surface area contributed by atoms with Crippen LogP contribution in [-0.4, -0.2) is 61.5 Å². The molecule has 2 fully saturated rings. The quantitative estimate of drug-likeness (QED) is 0.858. The molecule has 2 rings (SSSR count). The minimum absolute atomic E-state index is 0.0897. The number of hydrogen-bond donors (Lipinski definition) is 1. The Kier molecular flexibility index (Phi) is 4.80. The molecule has 20 heavy (non-hydrogen) atoms. The first-order valence-corrected chi connectivity index (χ1v) is 7.97. The Balaban J connectivity index is 2.09. The number of nitrogens with one attached hydrogen (secondary N) is 1. The van der Waals surface area contributed by atoms with Gasteiger partial charge in [-0.15, -0.1) is 0 Å². The van der Waals surface area contributed by atoms with Crippen LogP contribution in [0.4, 0.5) is 0 Å². The van der Waals surface area contributed by atoms with Crippen molar-refractivity contribution in [2.24, 2.45) is 5.92 Å². The lowest BCUT2D eigenvalue weighted by molar-refractivity contribution is -0.0796. The Labute approximate surface area is 124 Å². The molecule has 0 spiro atoms. The summed E-state index contributed by atoms with van der Waals surface area (Å²) in [6.45, 7) is 15.2. The lowest BCUT2D eigenvalue weighted by Gasteiger charge is -2.34. The summed E-state index contributed by atoms with van der Waals surface area (Å²) in [5.41, 5.74) is -0.204. The van der Waals surface area contributed by atoms with Crippen LogP contribution in [0.1, 0.15) is 41.0 Å². The normalized spacial score (nSPS) is 37.8. The van der Waals surface area contributed by atoms with Crippen molar-refractivity contribution in [1.29, 1.82) is 0 Å². The van der Waals surface area contributed by atoms with Crippen molar-refractivity contribution >= 4 is 0 Å². The van der Waals surface area contributed by atoms with Gasteiger partial charge in [-0.3, -0.25) is 0 Å². The van der Waals surface area contributed by atoms with Crippen LogP contribution in [0.3, 0.4) is 0 Å². The monoisotopic (exact) mass is 284 g/mol. The Hall–Kier alpha value is -0.160. The molecule has 3 atom stereocenters. The predicted octanol–water partition coefficient (Wildman–Crippen LogP) is 1.89. The second-order valence-electron chi connectivity index (χ2n) is 7.48. The van der Waals surface area contributed by atoms with Gasteiger partial charge >= 0.3 is 0 Å². The zero-order valence-electron chi connectivity index (χ0n) is 14.0. The van der Waals surface area contributed by atoms with E-state index in [0.717, 1.165) is 32.7 Å². The van der Waals surface area contributed by atoms with Crippen LogP contribution in [-0.2, 0) is 9.47 Å². The van der Waals surface area contributed by atoms with Crippen molar-refractivity contribution in [3.63, 3.8) is 0 Å². The first-order chi connectivity index (χ1) is 9.26. The summed E-state index contributed by atoms with van der Waals surface area (Å²) in [4.78, 5) is 2.55. The Morgan fingerprint density at radius 1 is 1.20 bits per heavy atom. The molecule has 0 amide bonds. The molecular formula is C16H32N2O2. The topological polar surface area (TPSA) is 33.7 Å². The van der Waals surface area contributed by atoms with Gasteiger partial charge in [-0.25, -0.2) is 0 Å². The number of rotatable bonds is 3. The maximum Gasteiger partial charge on any atom is 0.0790 e. The third-order valence-electron chi connectivity index (χ3n) is 4.87. The van der Waals surface area contributed by atoms with E-state index in [4.69, 9.17) is 9.47 Å².